The van der Waals surface area contributed by atoms with E-state index >= 15 is 0 Å². The Morgan fingerprint density at radius 2 is 1.84 bits per heavy atom. The smallest absolute Gasteiger partial charge is 0.328 e. The van der Waals surface area contributed by atoms with E-state index in [1.54, 1.807) is 31.2 Å². The molecule has 3 N–H and O–H groups in total. The molecule has 4 atom stereocenters. The number of fused-ring (bicyclic) bond motifs is 1. The lowest BCUT2D eigenvalue weighted by atomic mass is 10.1. The summed E-state index contributed by atoms with van der Waals surface area (Å²) in [5, 5.41) is 20.0. The van der Waals surface area contributed by atoms with Crippen LogP contribution in [0.3, 0.4) is 0 Å². The van der Waals surface area contributed by atoms with Crippen molar-refractivity contribution < 1.29 is 29.3 Å². The molecule has 1 saturated heterocycles. The van der Waals surface area contributed by atoms with Crippen molar-refractivity contribution in [2.75, 3.05) is 19.8 Å². The number of carbonyl (C=O) groups is 2. The molecular formula is C21H23N3O7S. The van der Waals surface area contributed by atoms with Crippen LogP contribution in [0, 0.1) is 11.6 Å². The van der Waals surface area contributed by atoms with Crippen LogP contribution < -0.4 is 5.69 Å². The minimum absolute atomic E-state index is 0.0870. The third kappa shape index (κ3) is 3.93. The maximum absolute atomic E-state index is 12.5. The zero-order valence-corrected chi connectivity index (χ0v) is 18.1. The Kier molecular flexibility index (Phi) is 6.35. The third-order valence-corrected chi connectivity index (χ3v) is 6.05. The lowest BCUT2D eigenvalue weighted by molar-refractivity contribution is -0.0751. The molecule has 2 amide bonds. The van der Waals surface area contributed by atoms with Crippen LogP contribution in [0.1, 0.15) is 38.9 Å². The summed E-state index contributed by atoms with van der Waals surface area (Å²) in [5.41, 5.74) is 0.852. The molecule has 0 aliphatic carbocycles. The molecule has 10 nitrogen and oxygen atoms in total. The molecule has 4 rings (SSSR count). The fourth-order valence-electron chi connectivity index (χ4n) is 3.93. The van der Waals surface area contributed by atoms with Crippen molar-refractivity contribution in [1.29, 1.82) is 0 Å². The van der Waals surface area contributed by atoms with Gasteiger partial charge in [-0.2, -0.15) is 0 Å². The highest BCUT2D eigenvalue weighted by Gasteiger charge is 2.45. The molecule has 3 heterocycles. The number of rotatable bonds is 7. The van der Waals surface area contributed by atoms with Crippen LogP contribution in [0.2, 0.25) is 0 Å². The maximum Gasteiger partial charge on any atom is 0.328 e. The van der Waals surface area contributed by atoms with Crippen LogP contribution in [0.4, 0.5) is 0 Å². The van der Waals surface area contributed by atoms with Crippen molar-refractivity contribution in [3.8, 4) is 0 Å². The van der Waals surface area contributed by atoms with Gasteiger partial charge in [0.15, 0.2) is 6.23 Å². The molecule has 2 aliphatic rings. The number of aryl methyl sites for hydroxylation is 1. The van der Waals surface area contributed by atoms with Crippen LogP contribution >= 0.6 is 12.2 Å². The van der Waals surface area contributed by atoms with Gasteiger partial charge in [0.05, 0.1) is 17.7 Å². The number of carbonyl (C=O) groups excluding carboxylic acids is 2. The van der Waals surface area contributed by atoms with Crippen molar-refractivity contribution in [2.45, 2.75) is 37.9 Å². The average Bonchev–Trinajstić information content (AvgIpc) is 3.22. The highest BCUT2D eigenvalue weighted by atomic mass is 32.1. The molecule has 0 unspecified atom stereocenters. The quantitative estimate of drug-likeness (QED) is 0.309. The summed E-state index contributed by atoms with van der Waals surface area (Å²) in [6.07, 6.45) is -2.23. The molecule has 32 heavy (non-hydrogen) atoms. The second-order valence-corrected chi connectivity index (χ2v) is 8.12. The minimum atomic E-state index is -1.18. The number of H-pyrrole nitrogens is 1. The van der Waals surface area contributed by atoms with E-state index in [-0.39, 0.29) is 25.0 Å². The fraction of sp³-hybridized carbons (Fsp3) is 0.429. The van der Waals surface area contributed by atoms with E-state index in [1.165, 1.54) is 10.8 Å². The van der Waals surface area contributed by atoms with E-state index in [0.717, 1.165) is 4.90 Å². The van der Waals surface area contributed by atoms with E-state index in [1.807, 2.05) is 0 Å². The number of amides is 2. The van der Waals surface area contributed by atoms with E-state index in [9.17, 15) is 24.6 Å². The number of benzene rings is 1. The molecule has 170 valence electrons. The number of hydrogen-bond acceptors (Lipinski definition) is 8. The number of nitrogens with zero attached hydrogens (tertiary/aromatic N) is 2. The second kappa shape index (κ2) is 9.04. The van der Waals surface area contributed by atoms with Crippen molar-refractivity contribution in [1.82, 2.24) is 14.5 Å². The third-order valence-electron chi connectivity index (χ3n) is 5.63. The topological polar surface area (TPSA) is 134 Å². The lowest BCUT2D eigenvalue weighted by Crippen LogP contribution is -2.39. The van der Waals surface area contributed by atoms with E-state index in [2.05, 4.69) is 4.98 Å². The Balaban J connectivity index is 1.43. The molecule has 0 radical (unpaired) electrons. The van der Waals surface area contributed by atoms with Gasteiger partial charge in [-0.3, -0.25) is 24.0 Å². The summed E-state index contributed by atoms with van der Waals surface area (Å²) in [6.45, 7) is 1.50. The largest absolute Gasteiger partial charge is 0.394 e. The summed E-state index contributed by atoms with van der Waals surface area (Å²) in [4.78, 5) is 41.0. The maximum atomic E-state index is 12.5. The predicted molar refractivity (Wildman–Crippen MR) is 114 cm³/mol. The molecule has 2 aromatic rings. The number of aliphatic hydroxyl groups excluding tert-OH is 2. The number of hydrogen-bond donors (Lipinski definition) is 3. The molecule has 11 heteroatoms. The van der Waals surface area contributed by atoms with Gasteiger partial charge in [0.2, 0.25) is 0 Å². The monoisotopic (exact) mass is 461 g/mol. The number of aromatic nitrogens is 2. The van der Waals surface area contributed by atoms with Gasteiger partial charge in [-0.25, -0.2) is 4.79 Å². The van der Waals surface area contributed by atoms with E-state index < -0.39 is 36.8 Å². The van der Waals surface area contributed by atoms with Gasteiger partial charge in [0.25, 0.3) is 11.8 Å². The molecule has 1 fully saturated rings. The number of imide groups is 1. The first kappa shape index (κ1) is 22.5. The molecule has 0 spiro atoms. The van der Waals surface area contributed by atoms with E-state index in [4.69, 9.17) is 21.7 Å². The Morgan fingerprint density at radius 3 is 2.47 bits per heavy atom. The number of nitrogens with one attached hydrogen (secondary N) is 1. The van der Waals surface area contributed by atoms with Crippen LogP contribution in [0.25, 0.3) is 0 Å². The van der Waals surface area contributed by atoms with Gasteiger partial charge in [-0.1, -0.05) is 24.4 Å². The zero-order valence-electron chi connectivity index (χ0n) is 17.3. The summed E-state index contributed by atoms with van der Waals surface area (Å²) in [6, 6.07) is 6.64. The van der Waals surface area contributed by atoms with Gasteiger partial charge in [-0.15, -0.1) is 0 Å². The number of aliphatic hydroxyl groups is 2. The molecule has 2 aliphatic heterocycles. The lowest BCUT2D eigenvalue weighted by Gasteiger charge is -2.23. The Bertz CT molecular complexity index is 1130. The van der Waals surface area contributed by atoms with Crippen LogP contribution in [-0.4, -0.2) is 74.5 Å². The van der Waals surface area contributed by atoms with Crippen molar-refractivity contribution in [3.63, 3.8) is 0 Å². The number of ether oxygens (including phenoxy) is 2. The highest BCUT2D eigenvalue weighted by Crippen LogP contribution is 2.31. The SMILES string of the molecule is Cc1cn([C@@H]2O[C@H](CO)[C@@H](O)[C@H]2OCCCN2C(=O)c3ccccc3C2=O)c(=O)[nH]c1=S. The summed E-state index contributed by atoms with van der Waals surface area (Å²) < 4.78 is 13.0. The molecule has 1 aromatic heterocycles. The second-order valence-electron chi connectivity index (χ2n) is 7.71. The Labute approximate surface area is 188 Å². The van der Waals surface area contributed by atoms with Crippen LogP contribution in [0.5, 0.6) is 0 Å². The summed E-state index contributed by atoms with van der Waals surface area (Å²) >= 11 is 5.07. The summed E-state index contributed by atoms with van der Waals surface area (Å²) in [7, 11) is 0. The van der Waals surface area contributed by atoms with Crippen molar-refractivity contribution >= 4 is 24.0 Å². The van der Waals surface area contributed by atoms with Gasteiger partial charge in [-0.05, 0) is 25.5 Å². The zero-order chi connectivity index (χ0) is 23.0. The highest BCUT2D eigenvalue weighted by molar-refractivity contribution is 7.71. The molecule has 1 aromatic carbocycles. The van der Waals surface area contributed by atoms with Gasteiger partial charge in [0, 0.05) is 24.9 Å². The van der Waals surface area contributed by atoms with E-state index in [0.29, 0.717) is 27.8 Å². The Hall–Kier alpha value is -2.70. The normalized spacial score (nSPS) is 24.9. The Morgan fingerprint density at radius 1 is 1.19 bits per heavy atom. The minimum Gasteiger partial charge on any atom is -0.394 e. The van der Waals surface area contributed by atoms with Crippen molar-refractivity contribution in [3.05, 3.63) is 62.3 Å². The molecular weight excluding hydrogens is 438 g/mol. The van der Waals surface area contributed by atoms with Crippen molar-refractivity contribution in [2.24, 2.45) is 0 Å². The first-order valence-electron chi connectivity index (χ1n) is 10.2. The van der Waals surface area contributed by atoms with Gasteiger partial charge >= 0.3 is 5.69 Å². The van der Waals surface area contributed by atoms with Gasteiger partial charge in [0.1, 0.15) is 23.0 Å². The van der Waals surface area contributed by atoms with Gasteiger partial charge < -0.3 is 19.7 Å². The average molecular weight is 461 g/mol. The predicted octanol–water partition coefficient (Wildman–Crippen LogP) is 0.536. The first-order valence-corrected chi connectivity index (χ1v) is 10.6. The standard InChI is InChI=1S/C21H23N3O7S/c1-11-9-24(21(29)22-17(11)32)20-16(15(26)14(10-25)31-20)30-8-4-7-23-18(27)12-5-2-3-6-13(12)19(23)28/h2-3,5-6,9,14-16,20,25-26H,4,7-8,10H2,1H3,(H,22,29,32)/t14-,15-,16-,20-/m1/s1. The van der Waals surface area contributed by atoms with Crippen LogP contribution in [-0.2, 0) is 9.47 Å². The van der Waals surface area contributed by atoms with Crippen LogP contribution in [0.15, 0.2) is 35.3 Å². The fourth-order valence-corrected chi connectivity index (χ4v) is 4.07. The molecule has 0 saturated carbocycles. The first-order chi connectivity index (χ1) is 15.3. The number of aromatic amines is 1. The summed E-state index contributed by atoms with van der Waals surface area (Å²) in [5.74, 6) is -0.704. The molecule has 0 bridgehead atoms.